The van der Waals surface area contributed by atoms with Crippen LogP contribution in [0.25, 0.3) is 0 Å². The van der Waals surface area contributed by atoms with E-state index < -0.39 is 0 Å². The Morgan fingerprint density at radius 1 is 1.31 bits per heavy atom. The summed E-state index contributed by atoms with van der Waals surface area (Å²) in [6.45, 7) is 3.97. The summed E-state index contributed by atoms with van der Waals surface area (Å²) >= 11 is 0. The minimum absolute atomic E-state index is 0.207. The molecular formula is C10H16N2O. The predicted molar refractivity (Wildman–Crippen MR) is 50.3 cm³/mol. The fourth-order valence-corrected chi connectivity index (χ4v) is 2.12. The van der Waals surface area contributed by atoms with Crippen molar-refractivity contribution in [3.05, 3.63) is 17.0 Å². The SMILES string of the molecule is Cc1onc(C2(N)CCCC2)c1C. The van der Waals surface area contributed by atoms with Gasteiger partial charge in [0.15, 0.2) is 0 Å². The molecule has 0 spiro atoms. The van der Waals surface area contributed by atoms with E-state index in [-0.39, 0.29) is 5.54 Å². The van der Waals surface area contributed by atoms with Crippen LogP contribution in [0.2, 0.25) is 0 Å². The molecule has 0 unspecified atom stereocenters. The van der Waals surface area contributed by atoms with E-state index >= 15 is 0 Å². The number of rotatable bonds is 1. The van der Waals surface area contributed by atoms with Gasteiger partial charge in [-0.2, -0.15) is 0 Å². The minimum Gasteiger partial charge on any atom is -0.361 e. The molecule has 3 nitrogen and oxygen atoms in total. The first-order valence-electron chi connectivity index (χ1n) is 4.86. The first kappa shape index (κ1) is 8.75. The van der Waals surface area contributed by atoms with Gasteiger partial charge in [0.1, 0.15) is 11.5 Å². The van der Waals surface area contributed by atoms with E-state index in [9.17, 15) is 0 Å². The van der Waals surface area contributed by atoms with Crippen molar-refractivity contribution in [1.82, 2.24) is 5.16 Å². The van der Waals surface area contributed by atoms with Crippen molar-refractivity contribution in [2.24, 2.45) is 5.73 Å². The van der Waals surface area contributed by atoms with Crippen molar-refractivity contribution in [3.63, 3.8) is 0 Å². The molecule has 2 rings (SSSR count). The van der Waals surface area contributed by atoms with Crippen molar-refractivity contribution in [3.8, 4) is 0 Å². The van der Waals surface area contributed by atoms with Crippen LogP contribution in [0, 0.1) is 13.8 Å². The third-order valence-electron chi connectivity index (χ3n) is 3.12. The maximum Gasteiger partial charge on any atom is 0.136 e. The maximum absolute atomic E-state index is 6.27. The van der Waals surface area contributed by atoms with Crippen molar-refractivity contribution in [2.75, 3.05) is 0 Å². The molecule has 1 aromatic rings. The first-order chi connectivity index (χ1) is 6.13. The number of hydrogen-bond donors (Lipinski definition) is 1. The number of aryl methyl sites for hydroxylation is 1. The summed E-state index contributed by atoms with van der Waals surface area (Å²) in [4.78, 5) is 0. The first-order valence-corrected chi connectivity index (χ1v) is 4.86. The molecule has 2 N–H and O–H groups in total. The quantitative estimate of drug-likeness (QED) is 0.719. The molecule has 13 heavy (non-hydrogen) atoms. The van der Waals surface area contributed by atoms with Crippen molar-refractivity contribution < 1.29 is 4.52 Å². The number of hydrogen-bond acceptors (Lipinski definition) is 3. The number of nitrogens with two attached hydrogens (primary N) is 1. The normalized spacial score (nSPS) is 20.8. The topological polar surface area (TPSA) is 52.0 Å². The Labute approximate surface area is 78.3 Å². The molecule has 3 heteroatoms. The molecule has 0 aliphatic heterocycles. The van der Waals surface area contributed by atoms with Crippen molar-refractivity contribution >= 4 is 0 Å². The van der Waals surface area contributed by atoms with E-state index in [1.54, 1.807) is 0 Å². The van der Waals surface area contributed by atoms with Gasteiger partial charge in [-0.15, -0.1) is 0 Å². The lowest BCUT2D eigenvalue weighted by molar-refractivity contribution is 0.356. The van der Waals surface area contributed by atoms with Crippen LogP contribution in [0.15, 0.2) is 4.52 Å². The zero-order chi connectivity index (χ0) is 9.47. The zero-order valence-corrected chi connectivity index (χ0v) is 8.26. The fourth-order valence-electron chi connectivity index (χ4n) is 2.12. The Morgan fingerprint density at radius 3 is 2.38 bits per heavy atom. The summed E-state index contributed by atoms with van der Waals surface area (Å²) in [6.07, 6.45) is 4.50. The van der Waals surface area contributed by atoms with E-state index in [0.29, 0.717) is 0 Å². The van der Waals surface area contributed by atoms with Gasteiger partial charge in [-0.3, -0.25) is 0 Å². The minimum atomic E-state index is -0.207. The van der Waals surface area contributed by atoms with E-state index in [4.69, 9.17) is 10.3 Å². The van der Waals surface area contributed by atoms with Gasteiger partial charge in [0, 0.05) is 5.56 Å². The van der Waals surface area contributed by atoms with Crippen LogP contribution in [-0.2, 0) is 5.54 Å². The van der Waals surface area contributed by atoms with E-state index in [1.807, 2.05) is 13.8 Å². The average molecular weight is 180 g/mol. The summed E-state index contributed by atoms with van der Waals surface area (Å²) in [7, 11) is 0. The molecule has 1 aliphatic carbocycles. The van der Waals surface area contributed by atoms with Crippen LogP contribution in [-0.4, -0.2) is 5.16 Å². The van der Waals surface area contributed by atoms with Gasteiger partial charge >= 0.3 is 0 Å². The second-order valence-electron chi connectivity index (χ2n) is 4.08. The summed E-state index contributed by atoms with van der Waals surface area (Å²) in [5.41, 5.74) is 8.17. The average Bonchev–Trinajstić information content (AvgIpc) is 2.63. The molecule has 1 aromatic heterocycles. The Kier molecular flexibility index (Phi) is 1.91. The van der Waals surface area contributed by atoms with Crippen LogP contribution < -0.4 is 5.73 Å². The Balaban J connectivity index is 2.39. The lowest BCUT2D eigenvalue weighted by Gasteiger charge is -2.20. The van der Waals surface area contributed by atoms with Gasteiger partial charge in [0.2, 0.25) is 0 Å². The Morgan fingerprint density at radius 2 is 1.92 bits per heavy atom. The molecule has 0 aromatic carbocycles. The lowest BCUT2D eigenvalue weighted by Crippen LogP contribution is -2.34. The highest BCUT2D eigenvalue weighted by molar-refractivity contribution is 5.27. The van der Waals surface area contributed by atoms with E-state index in [2.05, 4.69) is 5.16 Å². The molecule has 1 aliphatic rings. The van der Waals surface area contributed by atoms with Crippen LogP contribution in [0.1, 0.15) is 42.7 Å². The summed E-state index contributed by atoms with van der Waals surface area (Å²) in [6, 6.07) is 0. The van der Waals surface area contributed by atoms with Crippen LogP contribution in [0.3, 0.4) is 0 Å². The highest BCUT2D eigenvalue weighted by atomic mass is 16.5. The van der Waals surface area contributed by atoms with Crippen LogP contribution in [0.4, 0.5) is 0 Å². The largest absolute Gasteiger partial charge is 0.361 e. The molecule has 1 fully saturated rings. The zero-order valence-electron chi connectivity index (χ0n) is 8.26. The summed E-state index contributed by atoms with van der Waals surface area (Å²) in [5, 5.41) is 4.07. The predicted octanol–water partition coefficient (Wildman–Crippen LogP) is 2.02. The third kappa shape index (κ3) is 1.27. The van der Waals surface area contributed by atoms with Gasteiger partial charge in [-0.1, -0.05) is 18.0 Å². The standard InChI is InChI=1S/C10H16N2O/c1-7-8(2)13-12-9(7)10(11)5-3-4-6-10/h3-6,11H2,1-2H3. The molecule has 0 saturated heterocycles. The number of nitrogens with zero attached hydrogens (tertiary/aromatic N) is 1. The molecule has 1 saturated carbocycles. The van der Waals surface area contributed by atoms with Gasteiger partial charge < -0.3 is 10.3 Å². The van der Waals surface area contributed by atoms with E-state index in [0.717, 1.165) is 29.9 Å². The molecule has 0 atom stereocenters. The smallest absolute Gasteiger partial charge is 0.136 e. The monoisotopic (exact) mass is 180 g/mol. The Hall–Kier alpha value is -0.830. The van der Waals surface area contributed by atoms with Crippen molar-refractivity contribution in [2.45, 2.75) is 45.1 Å². The second kappa shape index (κ2) is 2.84. The summed E-state index contributed by atoms with van der Waals surface area (Å²) in [5.74, 6) is 0.895. The van der Waals surface area contributed by atoms with Crippen LogP contribution >= 0.6 is 0 Å². The van der Waals surface area contributed by atoms with Gasteiger partial charge in [-0.25, -0.2) is 0 Å². The molecule has 0 bridgehead atoms. The molecular weight excluding hydrogens is 164 g/mol. The molecule has 1 heterocycles. The van der Waals surface area contributed by atoms with E-state index in [1.165, 1.54) is 12.8 Å². The number of aromatic nitrogens is 1. The molecule has 0 radical (unpaired) electrons. The van der Waals surface area contributed by atoms with Gasteiger partial charge in [0.05, 0.1) is 5.54 Å². The Bertz CT molecular complexity index is 311. The van der Waals surface area contributed by atoms with Gasteiger partial charge in [-0.05, 0) is 26.7 Å². The van der Waals surface area contributed by atoms with Crippen molar-refractivity contribution in [1.29, 1.82) is 0 Å². The highest BCUT2D eigenvalue weighted by Gasteiger charge is 2.35. The molecule has 72 valence electrons. The highest BCUT2D eigenvalue weighted by Crippen LogP contribution is 2.37. The molecule has 0 amide bonds. The second-order valence-corrected chi connectivity index (χ2v) is 4.08. The fraction of sp³-hybridized carbons (Fsp3) is 0.700. The van der Waals surface area contributed by atoms with Gasteiger partial charge in [0.25, 0.3) is 0 Å². The maximum atomic E-state index is 6.27. The lowest BCUT2D eigenvalue weighted by atomic mass is 9.92. The third-order valence-corrected chi connectivity index (χ3v) is 3.12. The summed E-state index contributed by atoms with van der Waals surface area (Å²) < 4.78 is 5.14. The van der Waals surface area contributed by atoms with Crippen LogP contribution in [0.5, 0.6) is 0 Å².